The summed E-state index contributed by atoms with van der Waals surface area (Å²) in [5, 5.41) is 27.8. The van der Waals surface area contributed by atoms with Crippen LogP contribution < -0.4 is 19.9 Å². The average Bonchev–Trinajstić information content (AvgIpc) is 2.96. The molecule has 0 unspecified atom stereocenters. The second kappa shape index (κ2) is 13.2. The van der Waals surface area contributed by atoms with E-state index in [1.54, 1.807) is 13.8 Å². The van der Waals surface area contributed by atoms with E-state index >= 15 is 0 Å². The highest BCUT2D eigenvalue weighted by atomic mass is 32.2. The van der Waals surface area contributed by atoms with Crippen LogP contribution in [0.1, 0.15) is 20.8 Å². The molecule has 0 bridgehead atoms. The van der Waals surface area contributed by atoms with Crippen molar-refractivity contribution >= 4 is 65.3 Å². The number of carbonyl (C=O) groups is 1. The molecule has 0 aliphatic carbocycles. The number of carbonyl (C=O) groups excluding carboxylic acids is 1. The Hall–Kier alpha value is -5.13. The van der Waals surface area contributed by atoms with Gasteiger partial charge in [-0.15, -0.1) is 15.3 Å². The van der Waals surface area contributed by atoms with Crippen LogP contribution in [0.3, 0.4) is 0 Å². The van der Waals surface area contributed by atoms with Gasteiger partial charge in [0.25, 0.3) is 20.1 Å². The maximum absolute atomic E-state index is 12.2. The summed E-state index contributed by atoms with van der Waals surface area (Å²) in [6, 6.07) is 13.7. The molecule has 45 heavy (non-hydrogen) atoms. The summed E-state index contributed by atoms with van der Waals surface area (Å²) in [5.74, 6) is -0.962. The van der Waals surface area contributed by atoms with Crippen LogP contribution >= 0.6 is 0 Å². The van der Waals surface area contributed by atoms with Gasteiger partial charge in [0.1, 0.15) is 33.5 Å². The van der Waals surface area contributed by atoms with Crippen molar-refractivity contribution in [3.8, 4) is 17.2 Å². The van der Waals surface area contributed by atoms with Gasteiger partial charge in [0, 0.05) is 30.1 Å². The van der Waals surface area contributed by atoms with Crippen LogP contribution in [0.2, 0.25) is 0 Å². The van der Waals surface area contributed by atoms with Gasteiger partial charge >= 0.3 is 0 Å². The van der Waals surface area contributed by atoms with Gasteiger partial charge in [0.15, 0.2) is 5.75 Å². The number of nitrogen functional groups attached to an aromatic ring is 1. The number of phenols is 1. The second-order valence-electron chi connectivity index (χ2n) is 9.24. The number of amides is 1. The zero-order valence-electron chi connectivity index (χ0n) is 24.1. The van der Waals surface area contributed by atoms with Gasteiger partial charge in [-0.05, 0) is 61.7 Å². The van der Waals surface area contributed by atoms with Crippen molar-refractivity contribution in [1.29, 1.82) is 0 Å². The first kappa shape index (κ1) is 32.8. The van der Waals surface area contributed by atoms with E-state index in [0.29, 0.717) is 11.1 Å². The Morgan fingerprint density at radius 2 is 1.42 bits per heavy atom. The van der Waals surface area contributed by atoms with Gasteiger partial charge in [-0.2, -0.15) is 13.5 Å². The molecule has 236 valence electrons. The number of anilines is 1. The van der Waals surface area contributed by atoms with E-state index in [1.165, 1.54) is 54.6 Å². The number of hydrogen-bond donors (Lipinski definition) is 4. The molecule has 0 radical (unpaired) electrons. The summed E-state index contributed by atoms with van der Waals surface area (Å²) < 4.78 is 71.9. The maximum atomic E-state index is 12.2. The Morgan fingerprint density at radius 3 is 1.96 bits per heavy atom. The van der Waals surface area contributed by atoms with Gasteiger partial charge in [-0.1, -0.05) is 6.07 Å². The summed E-state index contributed by atoms with van der Waals surface area (Å²) in [5.41, 5.74) is 6.16. The predicted molar refractivity (Wildman–Crippen MR) is 164 cm³/mol. The van der Waals surface area contributed by atoms with Crippen LogP contribution in [0.25, 0.3) is 10.8 Å². The quantitative estimate of drug-likeness (QED) is 0.0857. The number of benzene rings is 4. The highest BCUT2D eigenvalue weighted by Crippen LogP contribution is 2.45. The van der Waals surface area contributed by atoms with Crippen LogP contribution in [0.4, 0.5) is 28.4 Å². The molecule has 0 atom stereocenters. The van der Waals surface area contributed by atoms with Crippen LogP contribution in [-0.2, 0) is 24.9 Å². The SMILES string of the molecule is CCOc1cc(N=Nc2c(S(=O)(=O)O)cc3ccc(N)cc3c2O)c(OCC)cc1N=Nc1ccc(S(=O)(=O)NC(C)=O)cc1. The lowest BCUT2D eigenvalue weighted by Gasteiger charge is -2.12. The number of nitrogens with zero attached hydrogens (tertiary/aromatic N) is 4. The Balaban J connectivity index is 1.76. The first-order valence-electron chi connectivity index (χ1n) is 13.2. The topological polar surface area (TPSA) is 232 Å². The van der Waals surface area contributed by atoms with Crippen molar-refractivity contribution in [2.75, 3.05) is 18.9 Å². The molecular formula is C28H28N6O9S2. The van der Waals surface area contributed by atoms with E-state index in [1.807, 2.05) is 4.72 Å². The molecule has 0 saturated carbocycles. The third kappa shape index (κ3) is 7.69. The van der Waals surface area contributed by atoms with E-state index < -0.39 is 42.4 Å². The third-order valence-corrected chi connectivity index (χ3v) is 8.27. The van der Waals surface area contributed by atoms with Crippen LogP contribution in [0.5, 0.6) is 17.2 Å². The second-order valence-corrected chi connectivity index (χ2v) is 12.3. The third-order valence-electron chi connectivity index (χ3n) is 5.95. The molecule has 15 nitrogen and oxygen atoms in total. The maximum Gasteiger partial charge on any atom is 0.296 e. The summed E-state index contributed by atoms with van der Waals surface area (Å²) in [7, 11) is -8.86. The Labute approximate surface area is 258 Å². The van der Waals surface area contributed by atoms with Gasteiger partial charge in [-0.25, -0.2) is 13.1 Å². The minimum absolute atomic E-state index is 0.0696. The van der Waals surface area contributed by atoms with Gasteiger partial charge < -0.3 is 20.3 Å². The summed E-state index contributed by atoms with van der Waals surface area (Å²) in [6.45, 7) is 4.92. The van der Waals surface area contributed by atoms with E-state index in [4.69, 9.17) is 15.2 Å². The number of hydrogen-bond acceptors (Lipinski definition) is 13. The standard InChI is InChI=1S/C28H28N6O9S2/c1-4-42-24-15-23(32-33-27-26(45(39,40)41)12-17-6-7-18(29)13-21(17)28(27)36)25(43-5-2)14-22(24)31-30-19-8-10-20(11-9-19)44(37,38)34-16(3)35/h6-15,36H,4-5,29H2,1-3H3,(H,34,35)(H,39,40,41). The molecule has 17 heteroatoms. The van der Waals surface area contributed by atoms with Crippen molar-refractivity contribution in [3.05, 3.63) is 60.7 Å². The molecule has 4 rings (SSSR count). The normalized spacial score (nSPS) is 12.2. The number of aromatic hydroxyl groups is 1. The molecule has 0 saturated heterocycles. The van der Waals surface area contributed by atoms with E-state index in [9.17, 15) is 31.3 Å². The van der Waals surface area contributed by atoms with Crippen LogP contribution in [0.15, 0.2) is 90.9 Å². The molecule has 0 heterocycles. The number of nitrogens with one attached hydrogen (secondary N) is 1. The largest absolute Gasteiger partial charge is 0.505 e. The van der Waals surface area contributed by atoms with E-state index in [-0.39, 0.29) is 52.1 Å². The lowest BCUT2D eigenvalue weighted by molar-refractivity contribution is -0.117. The predicted octanol–water partition coefficient (Wildman–Crippen LogP) is 5.83. The Bertz CT molecular complexity index is 2050. The molecular weight excluding hydrogens is 628 g/mol. The smallest absolute Gasteiger partial charge is 0.296 e. The minimum Gasteiger partial charge on any atom is -0.505 e. The molecule has 0 aromatic heterocycles. The monoisotopic (exact) mass is 656 g/mol. The first-order chi connectivity index (χ1) is 21.2. The first-order valence-corrected chi connectivity index (χ1v) is 16.1. The van der Waals surface area contributed by atoms with Crippen molar-refractivity contribution in [2.24, 2.45) is 20.5 Å². The highest BCUT2D eigenvalue weighted by Gasteiger charge is 2.23. The Morgan fingerprint density at radius 1 is 0.844 bits per heavy atom. The van der Waals surface area contributed by atoms with Gasteiger partial charge in [0.05, 0.1) is 23.8 Å². The number of fused-ring (bicyclic) bond motifs is 1. The summed E-state index contributed by atoms with van der Waals surface area (Å²) >= 11 is 0. The lowest BCUT2D eigenvalue weighted by Crippen LogP contribution is -2.28. The summed E-state index contributed by atoms with van der Waals surface area (Å²) in [4.78, 5) is 10.4. The highest BCUT2D eigenvalue weighted by molar-refractivity contribution is 7.90. The number of ether oxygens (including phenoxy) is 2. The molecule has 5 N–H and O–H groups in total. The zero-order chi connectivity index (χ0) is 32.9. The molecule has 0 spiro atoms. The fourth-order valence-electron chi connectivity index (χ4n) is 4.04. The summed E-state index contributed by atoms with van der Waals surface area (Å²) in [6.07, 6.45) is 0. The van der Waals surface area contributed by atoms with E-state index in [2.05, 4.69) is 20.5 Å². The van der Waals surface area contributed by atoms with Crippen molar-refractivity contribution in [2.45, 2.75) is 30.6 Å². The number of nitrogens with two attached hydrogens (primary N) is 1. The van der Waals surface area contributed by atoms with Crippen molar-refractivity contribution in [1.82, 2.24) is 4.72 Å². The molecule has 0 aliphatic rings. The zero-order valence-corrected chi connectivity index (χ0v) is 25.8. The van der Waals surface area contributed by atoms with Crippen molar-refractivity contribution in [3.63, 3.8) is 0 Å². The van der Waals surface area contributed by atoms with Gasteiger partial charge in [-0.3, -0.25) is 9.35 Å². The van der Waals surface area contributed by atoms with Crippen LogP contribution in [-0.4, -0.2) is 45.6 Å². The molecule has 0 aliphatic heterocycles. The minimum atomic E-state index is -4.84. The Kier molecular flexibility index (Phi) is 9.65. The molecule has 4 aromatic rings. The van der Waals surface area contributed by atoms with Gasteiger partial charge in [0.2, 0.25) is 5.91 Å². The fourth-order valence-corrected chi connectivity index (χ4v) is 5.69. The molecule has 4 aromatic carbocycles. The number of azo groups is 2. The van der Waals surface area contributed by atoms with Crippen LogP contribution in [0, 0.1) is 0 Å². The number of rotatable bonds is 11. The van der Waals surface area contributed by atoms with E-state index in [0.717, 1.165) is 13.0 Å². The van der Waals surface area contributed by atoms with Crippen molar-refractivity contribution < 1.29 is 40.8 Å². The lowest BCUT2D eigenvalue weighted by atomic mass is 10.1. The number of sulfonamides is 1. The fraction of sp³-hybridized carbons (Fsp3) is 0.179. The molecule has 0 fully saturated rings. The molecule has 1 amide bonds. The number of phenolic OH excluding ortho intramolecular Hbond substituents is 1. The average molecular weight is 657 g/mol.